The van der Waals surface area contributed by atoms with Gasteiger partial charge in [0.2, 0.25) is 0 Å². The second-order valence-electron chi connectivity index (χ2n) is 28.2. The van der Waals surface area contributed by atoms with E-state index in [1.54, 1.807) is 11.3 Å². The topological polar surface area (TPSA) is 109 Å². The summed E-state index contributed by atoms with van der Waals surface area (Å²) in [7, 11) is 0. The van der Waals surface area contributed by atoms with E-state index in [0.29, 0.717) is 46.1 Å². The third kappa shape index (κ3) is 8.86. The van der Waals surface area contributed by atoms with E-state index in [1.807, 2.05) is 84.9 Å². The molecule has 0 fully saturated rings. The molecule has 2 aliphatic carbocycles. The summed E-state index contributed by atoms with van der Waals surface area (Å²) < 4.78 is 23.3. The third-order valence-electron chi connectivity index (χ3n) is 22.6. The fourth-order valence-corrected chi connectivity index (χ4v) is 18.9. The van der Waals surface area contributed by atoms with Crippen LogP contribution in [0.4, 0.5) is 0 Å². The molecular weight excluding hydrogens is 1340 g/mol. The molecule has 1 atom stereocenters. The van der Waals surface area contributed by atoms with Crippen LogP contribution in [0.3, 0.4) is 0 Å². The molecule has 108 heavy (non-hydrogen) atoms. The summed E-state index contributed by atoms with van der Waals surface area (Å²) in [5.74, 6) is 6.78. The summed E-state index contributed by atoms with van der Waals surface area (Å²) >= 11 is 1.78. The predicted molar refractivity (Wildman–Crippen MR) is 432 cm³/mol. The van der Waals surface area contributed by atoms with Crippen molar-refractivity contribution < 1.29 is 13.9 Å². The standard InChI is InChI=1S/C98H56N6O3S/c1-4-21-60(22-5-1)91-99-94(102-95(101-91)65-48-50-88-73(51-65)74-54-82-87(56-89(74)108-88)106-83-37-18-16-35-78(83)97(82)75-32-13-10-27-66(75)67-28-11-14-33-76(67)97)63-45-43-58(44-46-63)57-39-41-59(42-40-57)64-47-49-69-68-29-12-15-34-77(68)98(80(69)52-64)79-36-17-19-38-84(79)105-86-55-85-72(53-81(86)98)70-30-20-31-71(90(70)107-85)96-103-92(61-23-6-2-7-24-61)100-93(104-96)62-25-8-3-9-26-62/h1-56H. The maximum Gasteiger partial charge on any atom is 0.167 e. The number of fused-ring (bicyclic) bond motifs is 24. The van der Waals surface area contributed by atoms with Gasteiger partial charge in [0.25, 0.3) is 0 Å². The highest BCUT2D eigenvalue weighted by atomic mass is 32.1. The first kappa shape index (κ1) is 60.4. The molecule has 502 valence electrons. The van der Waals surface area contributed by atoms with E-state index in [1.165, 1.54) is 49.2 Å². The minimum absolute atomic E-state index is 0.523. The average molecular weight is 1400 g/mol. The molecule has 1 unspecified atom stereocenters. The zero-order valence-electron chi connectivity index (χ0n) is 57.6. The van der Waals surface area contributed by atoms with Crippen LogP contribution < -0.4 is 9.47 Å². The van der Waals surface area contributed by atoms with E-state index in [4.69, 9.17) is 43.8 Å². The Balaban J connectivity index is 0.596. The SMILES string of the molecule is c1ccc(-c2nc(-c3ccc(-c4ccc(-c5ccc6c(c5)C5(c7ccccc7Oc7cc8oc9c(-c%10nc(-c%11ccccc%11)nc(-c%11ccccc%11)n%10)cccc9c8cc75)c5ccccc5-6)cc4)cc3)nc(-c3ccc4sc5cc6c(cc5c4c3)C3(c4ccccc4O6)c4ccccc4-c4ccccc43)n2)cc1. The highest BCUT2D eigenvalue weighted by molar-refractivity contribution is 7.25. The maximum absolute atomic E-state index is 7.06. The Hall–Kier alpha value is -14.1. The number of rotatable bonds is 8. The first-order chi connectivity index (χ1) is 53.5. The van der Waals surface area contributed by atoms with Gasteiger partial charge in [-0.05, 0) is 127 Å². The Morgan fingerprint density at radius 3 is 1.15 bits per heavy atom. The minimum Gasteiger partial charge on any atom is -0.457 e. The van der Waals surface area contributed by atoms with Gasteiger partial charge in [-0.25, -0.2) is 29.9 Å². The van der Waals surface area contributed by atoms with E-state index in [2.05, 4.69) is 255 Å². The molecule has 4 aromatic heterocycles. The molecule has 0 saturated heterocycles. The molecule has 0 N–H and O–H groups in total. The van der Waals surface area contributed by atoms with Crippen LogP contribution >= 0.6 is 11.3 Å². The molecule has 0 saturated carbocycles. The molecular formula is C98H56N6O3S. The molecule has 0 radical (unpaired) electrons. The van der Waals surface area contributed by atoms with Crippen molar-refractivity contribution in [1.82, 2.24) is 29.9 Å². The zero-order chi connectivity index (χ0) is 70.8. The van der Waals surface area contributed by atoms with Crippen LogP contribution in [0, 0.1) is 0 Å². The van der Waals surface area contributed by atoms with Crippen LogP contribution in [0.1, 0.15) is 44.5 Å². The van der Waals surface area contributed by atoms with Gasteiger partial charge >= 0.3 is 0 Å². The van der Waals surface area contributed by atoms with Gasteiger partial charge in [-0.15, -0.1) is 11.3 Å². The van der Waals surface area contributed by atoms with E-state index in [-0.39, 0.29) is 0 Å². The number of furan rings is 1. The number of hydrogen-bond donors (Lipinski definition) is 0. The van der Waals surface area contributed by atoms with E-state index in [9.17, 15) is 0 Å². The van der Waals surface area contributed by atoms with Gasteiger partial charge in [0.05, 0.1) is 16.4 Å². The second-order valence-corrected chi connectivity index (χ2v) is 29.3. The van der Waals surface area contributed by atoms with Crippen molar-refractivity contribution in [2.75, 3.05) is 0 Å². The van der Waals surface area contributed by atoms with E-state index in [0.717, 1.165) is 127 Å². The Morgan fingerprint density at radius 1 is 0.213 bits per heavy atom. The lowest BCUT2D eigenvalue weighted by molar-refractivity contribution is 0.436. The summed E-state index contributed by atoms with van der Waals surface area (Å²) in [6, 6.07) is 120. The van der Waals surface area contributed by atoms with Crippen LogP contribution in [-0.4, -0.2) is 29.9 Å². The highest BCUT2D eigenvalue weighted by Gasteiger charge is 2.53. The van der Waals surface area contributed by atoms with Gasteiger partial charge in [0.1, 0.15) is 34.2 Å². The first-order valence-corrected chi connectivity index (χ1v) is 37.2. The van der Waals surface area contributed by atoms with Gasteiger partial charge in [0.15, 0.2) is 34.9 Å². The van der Waals surface area contributed by atoms with Crippen LogP contribution in [0.2, 0.25) is 0 Å². The molecule has 0 bridgehead atoms. The summed E-state index contributed by atoms with van der Waals surface area (Å²) in [6.07, 6.45) is 0. The fourth-order valence-electron chi connectivity index (χ4n) is 17.8. The van der Waals surface area contributed by atoms with Crippen molar-refractivity contribution in [2.24, 2.45) is 0 Å². The van der Waals surface area contributed by atoms with Gasteiger partial charge in [-0.1, -0.05) is 273 Å². The van der Waals surface area contributed by atoms with Crippen molar-refractivity contribution in [3.63, 3.8) is 0 Å². The Kier molecular flexibility index (Phi) is 13.0. The summed E-state index contributed by atoms with van der Waals surface area (Å²) in [4.78, 5) is 31.0. The van der Waals surface area contributed by atoms with E-state index >= 15 is 0 Å². The van der Waals surface area contributed by atoms with Gasteiger partial charge in [-0.3, -0.25) is 0 Å². The number of ether oxygens (including phenoxy) is 2. The Labute approximate surface area is 624 Å². The van der Waals surface area contributed by atoms with Gasteiger partial charge < -0.3 is 13.9 Å². The summed E-state index contributed by atoms with van der Waals surface area (Å²) in [5, 5.41) is 4.22. The second kappa shape index (κ2) is 23.2. The number of para-hydroxylation sites is 3. The molecule has 9 nitrogen and oxygen atoms in total. The van der Waals surface area contributed by atoms with Crippen molar-refractivity contribution in [3.8, 4) is 136 Å². The Bertz CT molecular complexity index is 6890. The number of thiophene rings is 1. The lowest BCUT2D eigenvalue weighted by Crippen LogP contribution is -2.32. The third-order valence-corrected chi connectivity index (χ3v) is 23.7. The minimum atomic E-state index is -0.758. The summed E-state index contributed by atoms with van der Waals surface area (Å²) in [5.41, 5.74) is 23.9. The molecule has 10 heteroatoms. The smallest absolute Gasteiger partial charge is 0.167 e. The average Bonchev–Trinajstić information content (AvgIpc) is 1.53. The first-order valence-electron chi connectivity index (χ1n) is 36.4. The molecule has 4 aliphatic rings. The Morgan fingerprint density at radius 2 is 0.602 bits per heavy atom. The number of benzene rings is 15. The molecule has 2 spiro atoms. The molecule has 15 aromatic carbocycles. The monoisotopic (exact) mass is 1400 g/mol. The molecule has 2 aliphatic heterocycles. The zero-order valence-corrected chi connectivity index (χ0v) is 58.5. The quantitative estimate of drug-likeness (QED) is 0.147. The van der Waals surface area contributed by atoms with Crippen molar-refractivity contribution in [2.45, 2.75) is 10.8 Å². The lowest BCUT2D eigenvalue weighted by Gasteiger charge is -2.39. The summed E-state index contributed by atoms with van der Waals surface area (Å²) in [6.45, 7) is 0. The van der Waals surface area contributed by atoms with Crippen LogP contribution in [-0.2, 0) is 10.8 Å². The maximum atomic E-state index is 7.06. The largest absolute Gasteiger partial charge is 0.457 e. The van der Waals surface area contributed by atoms with Crippen molar-refractivity contribution >= 4 is 53.4 Å². The van der Waals surface area contributed by atoms with Crippen LogP contribution in [0.25, 0.3) is 155 Å². The fraction of sp³-hybridized carbons (Fsp3) is 0.0204. The van der Waals surface area contributed by atoms with Crippen molar-refractivity contribution in [3.05, 3.63) is 384 Å². The molecule has 0 amide bonds. The van der Waals surface area contributed by atoms with Crippen LogP contribution in [0.5, 0.6) is 23.0 Å². The molecule has 6 heterocycles. The van der Waals surface area contributed by atoms with Crippen LogP contribution in [0.15, 0.2) is 344 Å². The highest BCUT2D eigenvalue weighted by Crippen LogP contribution is 2.65. The number of hydrogen-bond acceptors (Lipinski definition) is 10. The normalized spacial score (nSPS) is 14.4. The molecule has 23 rings (SSSR count). The number of aromatic nitrogens is 6. The predicted octanol–water partition coefficient (Wildman–Crippen LogP) is 24.6. The molecule has 19 aromatic rings. The van der Waals surface area contributed by atoms with E-state index < -0.39 is 10.8 Å². The van der Waals surface area contributed by atoms with Gasteiger partial charge in [-0.2, -0.15) is 0 Å². The number of nitrogens with zero attached hydrogens (tertiary/aromatic N) is 6. The lowest BCUT2D eigenvalue weighted by atomic mass is 9.65. The van der Waals surface area contributed by atoms with Crippen molar-refractivity contribution in [1.29, 1.82) is 0 Å². The van der Waals surface area contributed by atoms with Gasteiger partial charge in [0, 0.05) is 87.1 Å².